The number of carbonyl (C=O) groups is 2. The van der Waals surface area contributed by atoms with Gasteiger partial charge in [0.1, 0.15) is 0 Å². The fourth-order valence-corrected chi connectivity index (χ4v) is 2.63. The highest BCUT2D eigenvalue weighted by Gasteiger charge is 2.39. The average molecular weight is 304 g/mol. The molecule has 4 nitrogen and oxygen atoms in total. The molecule has 20 heavy (non-hydrogen) atoms. The Morgan fingerprint density at radius 3 is 2.50 bits per heavy atom. The topological polar surface area (TPSA) is 57.6 Å². The van der Waals surface area contributed by atoms with Gasteiger partial charge in [0.25, 0.3) is 5.91 Å². The number of carboxylic acids is 1. The average Bonchev–Trinajstić information content (AvgIpc) is 2.75. The number of nitrogens with zero attached hydrogens (tertiary/aromatic N) is 1. The molecule has 2 atom stereocenters. The number of hydrogen-bond acceptors (Lipinski definition) is 2. The van der Waals surface area contributed by atoms with E-state index in [9.17, 15) is 18.4 Å². The minimum absolute atomic E-state index is 0.163. The molecule has 1 fully saturated rings. The van der Waals surface area contributed by atoms with Crippen LogP contribution in [0.2, 0.25) is 5.02 Å². The van der Waals surface area contributed by atoms with Crippen LogP contribution in [0.3, 0.4) is 0 Å². The molecule has 2 unspecified atom stereocenters. The molecule has 1 amide bonds. The van der Waals surface area contributed by atoms with Gasteiger partial charge in [-0.25, -0.2) is 8.78 Å². The van der Waals surface area contributed by atoms with E-state index < -0.39 is 35.5 Å². The summed E-state index contributed by atoms with van der Waals surface area (Å²) in [7, 11) is 0. The Hall–Kier alpha value is -1.69. The second-order valence-corrected chi connectivity index (χ2v) is 5.13. The van der Waals surface area contributed by atoms with Crippen LogP contribution in [-0.2, 0) is 4.79 Å². The minimum Gasteiger partial charge on any atom is -0.481 e. The van der Waals surface area contributed by atoms with E-state index in [4.69, 9.17) is 16.7 Å². The van der Waals surface area contributed by atoms with Crippen molar-refractivity contribution in [2.24, 2.45) is 5.92 Å². The van der Waals surface area contributed by atoms with Gasteiger partial charge in [-0.05, 0) is 25.5 Å². The summed E-state index contributed by atoms with van der Waals surface area (Å²) in [5.41, 5.74) is -0.163. The molecule has 0 spiro atoms. The lowest BCUT2D eigenvalue weighted by Gasteiger charge is -2.23. The van der Waals surface area contributed by atoms with Crippen molar-refractivity contribution in [2.75, 3.05) is 6.54 Å². The van der Waals surface area contributed by atoms with Crippen molar-refractivity contribution in [3.63, 3.8) is 0 Å². The Balaban J connectivity index is 2.29. The van der Waals surface area contributed by atoms with Crippen molar-refractivity contribution in [1.29, 1.82) is 0 Å². The van der Waals surface area contributed by atoms with Crippen molar-refractivity contribution in [3.05, 3.63) is 34.4 Å². The number of rotatable bonds is 2. The molecule has 0 bridgehead atoms. The molecule has 0 aromatic heterocycles. The van der Waals surface area contributed by atoms with Gasteiger partial charge in [0.15, 0.2) is 11.6 Å². The van der Waals surface area contributed by atoms with E-state index in [1.54, 1.807) is 6.92 Å². The first kappa shape index (κ1) is 14.7. The zero-order valence-corrected chi connectivity index (χ0v) is 11.3. The number of halogens is 3. The molecule has 1 aromatic rings. The standard InChI is InChI=1S/C13H12ClF2NO3/c1-6-7(13(19)20)2-3-17(6)12(18)8-4-10(15)11(16)5-9(8)14/h4-7H,2-3H2,1H3,(H,19,20). The predicted molar refractivity (Wildman–Crippen MR) is 67.6 cm³/mol. The van der Waals surface area contributed by atoms with Gasteiger partial charge in [0.2, 0.25) is 0 Å². The van der Waals surface area contributed by atoms with Gasteiger partial charge in [-0.3, -0.25) is 9.59 Å². The van der Waals surface area contributed by atoms with Crippen molar-refractivity contribution in [2.45, 2.75) is 19.4 Å². The number of carbonyl (C=O) groups excluding carboxylic acids is 1. The number of likely N-dealkylation sites (tertiary alicyclic amines) is 1. The number of hydrogen-bond donors (Lipinski definition) is 1. The van der Waals surface area contributed by atoms with Crippen LogP contribution < -0.4 is 0 Å². The van der Waals surface area contributed by atoms with Gasteiger partial charge in [-0.2, -0.15) is 0 Å². The molecule has 0 saturated carbocycles. The molecule has 1 heterocycles. The van der Waals surface area contributed by atoms with Gasteiger partial charge in [-0.1, -0.05) is 11.6 Å². The van der Waals surface area contributed by atoms with Crippen LogP contribution in [0.25, 0.3) is 0 Å². The summed E-state index contributed by atoms with van der Waals surface area (Å²) in [6.07, 6.45) is 0.323. The molecule has 1 saturated heterocycles. The second kappa shape index (κ2) is 5.36. The quantitative estimate of drug-likeness (QED) is 0.854. The van der Waals surface area contributed by atoms with E-state index in [-0.39, 0.29) is 17.1 Å². The molecule has 108 valence electrons. The van der Waals surface area contributed by atoms with Crippen LogP contribution in [0.1, 0.15) is 23.7 Å². The van der Waals surface area contributed by atoms with Crippen LogP contribution in [0, 0.1) is 17.6 Å². The Kier molecular flexibility index (Phi) is 3.94. The lowest BCUT2D eigenvalue weighted by atomic mass is 10.0. The maximum absolute atomic E-state index is 13.2. The van der Waals surface area contributed by atoms with E-state index in [2.05, 4.69) is 0 Å². The molecule has 0 radical (unpaired) electrons. The van der Waals surface area contributed by atoms with E-state index in [1.165, 1.54) is 4.90 Å². The van der Waals surface area contributed by atoms with Crippen LogP contribution in [0.5, 0.6) is 0 Å². The highest BCUT2D eigenvalue weighted by atomic mass is 35.5. The van der Waals surface area contributed by atoms with Crippen molar-refractivity contribution < 1.29 is 23.5 Å². The highest BCUT2D eigenvalue weighted by molar-refractivity contribution is 6.33. The SMILES string of the molecule is CC1C(C(=O)O)CCN1C(=O)c1cc(F)c(F)cc1Cl. The Morgan fingerprint density at radius 2 is 1.95 bits per heavy atom. The van der Waals surface area contributed by atoms with Crippen molar-refractivity contribution >= 4 is 23.5 Å². The van der Waals surface area contributed by atoms with Crippen molar-refractivity contribution in [3.8, 4) is 0 Å². The molecule has 1 aromatic carbocycles. The van der Waals surface area contributed by atoms with Crippen LogP contribution in [-0.4, -0.2) is 34.5 Å². The maximum atomic E-state index is 13.2. The fourth-order valence-electron chi connectivity index (χ4n) is 2.40. The molecule has 2 rings (SSSR count). The number of aliphatic carboxylic acids is 1. The minimum atomic E-state index is -1.17. The molecule has 1 aliphatic heterocycles. The Labute approximate surface area is 118 Å². The molecule has 1 N–H and O–H groups in total. The van der Waals surface area contributed by atoms with E-state index >= 15 is 0 Å². The molecule has 7 heteroatoms. The second-order valence-electron chi connectivity index (χ2n) is 4.72. The third-order valence-electron chi connectivity index (χ3n) is 3.57. The van der Waals surface area contributed by atoms with Crippen molar-refractivity contribution in [1.82, 2.24) is 4.90 Å². The van der Waals surface area contributed by atoms with Gasteiger partial charge in [0.05, 0.1) is 16.5 Å². The van der Waals surface area contributed by atoms with Crippen LogP contribution >= 0.6 is 11.6 Å². The van der Waals surface area contributed by atoms with Crippen LogP contribution in [0.15, 0.2) is 12.1 Å². The smallest absolute Gasteiger partial charge is 0.308 e. The van der Waals surface area contributed by atoms with E-state index in [0.717, 1.165) is 12.1 Å². The summed E-state index contributed by atoms with van der Waals surface area (Å²) in [6.45, 7) is 1.85. The predicted octanol–water partition coefficient (Wildman–Crippen LogP) is 2.55. The van der Waals surface area contributed by atoms with Gasteiger partial charge < -0.3 is 10.0 Å². The van der Waals surface area contributed by atoms with Gasteiger partial charge >= 0.3 is 5.97 Å². The lowest BCUT2D eigenvalue weighted by molar-refractivity contribution is -0.142. The number of benzene rings is 1. The summed E-state index contributed by atoms with van der Waals surface area (Å²) in [5, 5.41) is 8.82. The summed E-state index contributed by atoms with van der Waals surface area (Å²) in [5.74, 6) is -4.54. The molecular weight excluding hydrogens is 292 g/mol. The third-order valence-corrected chi connectivity index (χ3v) is 3.89. The zero-order valence-electron chi connectivity index (χ0n) is 10.6. The third kappa shape index (κ3) is 2.47. The molecule has 0 aliphatic carbocycles. The largest absolute Gasteiger partial charge is 0.481 e. The van der Waals surface area contributed by atoms with Crippen LogP contribution in [0.4, 0.5) is 8.78 Å². The normalized spacial score (nSPS) is 22.1. The van der Waals surface area contributed by atoms with Gasteiger partial charge in [0, 0.05) is 12.6 Å². The summed E-state index contributed by atoms with van der Waals surface area (Å²) >= 11 is 5.75. The molecular formula is C13H12ClF2NO3. The Morgan fingerprint density at radius 1 is 1.35 bits per heavy atom. The number of carboxylic acid groups (broad SMARTS) is 1. The summed E-state index contributed by atoms with van der Waals surface area (Å²) in [4.78, 5) is 24.6. The first-order valence-electron chi connectivity index (χ1n) is 6.01. The summed E-state index contributed by atoms with van der Waals surface area (Å²) < 4.78 is 26.2. The Bertz CT molecular complexity index is 579. The summed E-state index contributed by atoms with van der Waals surface area (Å²) in [6, 6.07) is 0.949. The van der Waals surface area contributed by atoms with E-state index in [0.29, 0.717) is 6.42 Å². The lowest BCUT2D eigenvalue weighted by Crippen LogP contribution is -2.37. The first-order valence-corrected chi connectivity index (χ1v) is 6.39. The first-order chi connectivity index (χ1) is 9.32. The molecule has 1 aliphatic rings. The maximum Gasteiger partial charge on any atom is 0.308 e. The fraction of sp³-hybridized carbons (Fsp3) is 0.385. The zero-order chi connectivity index (χ0) is 15.0. The highest BCUT2D eigenvalue weighted by Crippen LogP contribution is 2.28. The van der Waals surface area contributed by atoms with E-state index in [1.807, 2.05) is 0 Å². The monoisotopic (exact) mass is 303 g/mol. The van der Waals surface area contributed by atoms with Gasteiger partial charge in [-0.15, -0.1) is 0 Å². The number of amides is 1.